The van der Waals surface area contributed by atoms with Gasteiger partial charge in [0, 0.05) is 24.3 Å². The van der Waals surface area contributed by atoms with Crippen molar-refractivity contribution in [2.75, 3.05) is 31.2 Å². The zero-order valence-corrected chi connectivity index (χ0v) is 15.9. The molecule has 28 heavy (non-hydrogen) atoms. The van der Waals surface area contributed by atoms with Crippen LogP contribution in [0.4, 0.5) is 5.69 Å². The number of hydrogen-bond donors (Lipinski definition) is 1. The lowest BCUT2D eigenvalue weighted by Crippen LogP contribution is -2.36. The summed E-state index contributed by atoms with van der Waals surface area (Å²) in [5.41, 5.74) is 6.51. The maximum absolute atomic E-state index is 12.4. The number of morpholine rings is 1. The van der Waals surface area contributed by atoms with E-state index in [1.165, 1.54) is 5.69 Å². The Hall–Kier alpha value is -3.18. The highest BCUT2D eigenvalue weighted by atomic mass is 16.5. The lowest BCUT2D eigenvalue weighted by atomic mass is 10.1. The minimum atomic E-state index is -0.218. The van der Waals surface area contributed by atoms with Gasteiger partial charge in [0.1, 0.15) is 0 Å². The van der Waals surface area contributed by atoms with Crippen molar-refractivity contribution in [1.29, 1.82) is 0 Å². The normalized spacial score (nSPS) is 14.5. The molecule has 1 N–H and O–H groups in total. The number of nitrogens with one attached hydrogen (secondary N) is 1. The van der Waals surface area contributed by atoms with Gasteiger partial charge in [-0.05, 0) is 53.1 Å². The van der Waals surface area contributed by atoms with E-state index < -0.39 is 0 Å². The Balaban J connectivity index is 1.42. The van der Waals surface area contributed by atoms with Gasteiger partial charge in [-0.25, -0.2) is 5.43 Å². The molecule has 4 rings (SSSR count). The van der Waals surface area contributed by atoms with Crippen LogP contribution in [0.1, 0.15) is 21.5 Å². The second-order valence-corrected chi connectivity index (χ2v) is 6.90. The van der Waals surface area contributed by atoms with Crippen molar-refractivity contribution >= 4 is 28.6 Å². The van der Waals surface area contributed by atoms with Gasteiger partial charge in [0.05, 0.1) is 19.4 Å². The van der Waals surface area contributed by atoms with Crippen LogP contribution in [0.3, 0.4) is 0 Å². The molecular formula is C23H23N3O2. The van der Waals surface area contributed by atoms with E-state index in [0.29, 0.717) is 5.56 Å². The fourth-order valence-corrected chi connectivity index (χ4v) is 3.38. The van der Waals surface area contributed by atoms with Gasteiger partial charge in [0.25, 0.3) is 5.91 Å². The molecule has 3 aromatic rings. The maximum Gasteiger partial charge on any atom is 0.271 e. The summed E-state index contributed by atoms with van der Waals surface area (Å²) in [5.74, 6) is -0.218. The Kier molecular flexibility index (Phi) is 5.35. The van der Waals surface area contributed by atoms with Crippen LogP contribution in [0.15, 0.2) is 65.8 Å². The van der Waals surface area contributed by atoms with Gasteiger partial charge in [0.2, 0.25) is 0 Å². The van der Waals surface area contributed by atoms with E-state index in [0.717, 1.165) is 48.2 Å². The van der Waals surface area contributed by atoms with Crippen molar-refractivity contribution < 1.29 is 9.53 Å². The molecule has 5 nitrogen and oxygen atoms in total. The molecule has 0 atom stereocenters. The number of carbonyl (C=O) groups excluding carboxylic acids is 1. The summed E-state index contributed by atoms with van der Waals surface area (Å²) in [7, 11) is 0. The Bertz CT molecular complexity index is 1020. The molecule has 0 unspecified atom stereocenters. The second-order valence-electron chi connectivity index (χ2n) is 6.90. The van der Waals surface area contributed by atoms with E-state index in [1.54, 1.807) is 6.21 Å². The van der Waals surface area contributed by atoms with Gasteiger partial charge >= 0.3 is 0 Å². The molecule has 0 aromatic heterocycles. The fourth-order valence-electron chi connectivity index (χ4n) is 3.38. The number of hydrazone groups is 1. The third kappa shape index (κ3) is 4.05. The molecule has 0 radical (unpaired) electrons. The van der Waals surface area contributed by atoms with E-state index in [-0.39, 0.29) is 5.91 Å². The molecule has 1 fully saturated rings. The van der Waals surface area contributed by atoms with Crippen LogP contribution in [0, 0.1) is 6.92 Å². The smallest absolute Gasteiger partial charge is 0.271 e. The topological polar surface area (TPSA) is 53.9 Å². The molecule has 3 aromatic carbocycles. The predicted molar refractivity (Wildman–Crippen MR) is 113 cm³/mol. The Morgan fingerprint density at radius 1 is 1.04 bits per heavy atom. The first kappa shape index (κ1) is 18.2. The molecule has 5 heteroatoms. The number of aryl methyl sites for hydroxylation is 1. The third-order valence-electron chi connectivity index (χ3n) is 5.01. The fraction of sp³-hybridized carbons (Fsp3) is 0.217. The number of fused-ring (bicyclic) bond motifs is 1. The van der Waals surface area contributed by atoms with Crippen molar-refractivity contribution in [3.8, 4) is 0 Å². The van der Waals surface area contributed by atoms with Crippen molar-refractivity contribution in [3.63, 3.8) is 0 Å². The van der Waals surface area contributed by atoms with Gasteiger partial charge in [-0.3, -0.25) is 4.79 Å². The second kappa shape index (κ2) is 8.23. The molecule has 0 saturated carbocycles. The molecule has 0 aliphatic carbocycles. The summed E-state index contributed by atoms with van der Waals surface area (Å²) < 4.78 is 5.41. The highest BCUT2D eigenvalue weighted by Crippen LogP contribution is 2.19. The zero-order valence-electron chi connectivity index (χ0n) is 15.9. The highest BCUT2D eigenvalue weighted by Gasteiger charge is 2.11. The van der Waals surface area contributed by atoms with Crippen LogP contribution < -0.4 is 10.3 Å². The number of amides is 1. The molecular weight excluding hydrogens is 350 g/mol. The SMILES string of the molecule is Cc1cc(N2CCOCC2)ccc1/C=N\NC(=O)c1ccc2ccccc2c1. The zero-order chi connectivity index (χ0) is 19.3. The summed E-state index contributed by atoms with van der Waals surface area (Å²) in [5, 5.41) is 6.29. The van der Waals surface area contributed by atoms with Crippen LogP contribution in [0.5, 0.6) is 0 Å². The average Bonchev–Trinajstić information content (AvgIpc) is 2.75. The summed E-state index contributed by atoms with van der Waals surface area (Å²) in [6.07, 6.45) is 1.69. The maximum atomic E-state index is 12.4. The van der Waals surface area contributed by atoms with Crippen LogP contribution in [0.25, 0.3) is 10.8 Å². The van der Waals surface area contributed by atoms with Crippen LogP contribution in [-0.4, -0.2) is 38.4 Å². The number of anilines is 1. The summed E-state index contributed by atoms with van der Waals surface area (Å²) in [4.78, 5) is 14.7. The standard InChI is InChI=1S/C23H23N3O2/c1-17-14-22(26-10-12-28-13-11-26)9-8-21(17)16-24-25-23(27)20-7-6-18-4-2-3-5-19(18)15-20/h2-9,14-16H,10-13H2,1H3,(H,25,27)/b24-16-. The van der Waals surface area contributed by atoms with E-state index >= 15 is 0 Å². The minimum Gasteiger partial charge on any atom is -0.378 e. The van der Waals surface area contributed by atoms with Gasteiger partial charge in [-0.2, -0.15) is 5.10 Å². The van der Waals surface area contributed by atoms with Gasteiger partial charge in [0.15, 0.2) is 0 Å². The van der Waals surface area contributed by atoms with E-state index in [4.69, 9.17) is 4.74 Å². The monoisotopic (exact) mass is 373 g/mol. The molecule has 1 saturated heterocycles. The Labute approximate surface area is 164 Å². The quantitative estimate of drug-likeness (QED) is 0.560. The van der Waals surface area contributed by atoms with Gasteiger partial charge in [-0.1, -0.05) is 36.4 Å². The summed E-state index contributed by atoms with van der Waals surface area (Å²) in [6.45, 7) is 5.41. The first-order valence-electron chi connectivity index (χ1n) is 9.46. The first-order chi connectivity index (χ1) is 13.7. The number of nitrogens with zero attached hydrogens (tertiary/aromatic N) is 2. The number of carbonyl (C=O) groups is 1. The van der Waals surface area contributed by atoms with Crippen molar-refractivity contribution in [3.05, 3.63) is 77.4 Å². The van der Waals surface area contributed by atoms with Gasteiger partial charge in [-0.15, -0.1) is 0 Å². The molecule has 1 amide bonds. The number of hydrogen-bond acceptors (Lipinski definition) is 4. The van der Waals surface area contributed by atoms with Crippen LogP contribution in [0.2, 0.25) is 0 Å². The van der Waals surface area contributed by atoms with Crippen molar-refractivity contribution in [2.24, 2.45) is 5.10 Å². The van der Waals surface area contributed by atoms with Crippen LogP contribution in [-0.2, 0) is 4.74 Å². The largest absolute Gasteiger partial charge is 0.378 e. The molecule has 1 heterocycles. The highest BCUT2D eigenvalue weighted by molar-refractivity contribution is 5.99. The summed E-state index contributed by atoms with van der Waals surface area (Å²) >= 11 is 0. The van der Waals surface area contributed by atoms with Crippen molar-refractivity contribution in [1.82, 2.24) is 5.43 Å². The first-order valence-corrected chi connectivity index (χ1v) is 9.46. The lowest BCUT2D eigenvalue weighted by molar-refractivity contribution is 0.0955. The average molecular weight is 373 g/mol. The molecule has 1 aliphatic rings. The van der Waals surface area contributed by atoms with Gasteiger partial charge < -0.3 is 9.64 Å². The summed E-state index contributed by atoms with van der Waals surface area (Å²) in [6, 6.07) is 19.9. The van der Waals surface area contributed by atoms with E-state index in [9.17, 15) is 4.79 Å². The number of benzene rings is 3. The Morgan fingerprint density at radius 3 is 2.61 bits per heavy atom. The molecule has 1 aliphatic heterocycles. The van der Waals surface area contributed by atoms with E-state index in [1.807, 2.05) is 48.5 Å². The van der Waals surface area contributed by atoms with Crippen LogP contribution >= 0.6 is 0 Å². The van der Waals surface area contributed by atoms with Crippen molar-refractivity contribution in [2.45, 2.75) is 6.92 Å². The predicted octanol–water partition coefficient (Wildman–Crippen LogP) is 3.75. The lowest BCUT2D eigenvalue weighted by Gasteiger charge is -2.29. The van der Waals surface area contributed by atoms with E-state index in [2.05, 4.69) is 34.5 Å². The third-order valence-corrected chi connectivity index (χ3v) is 5.01. The number of rotatable bonds is 4. The molecule has 142 valence electrons. The molecule has 0 spiro atoms. The minimum absolute atomic E-state index is 0.218. The molecule has 0 bridgehead atoms. The number of ether oxygens (including phenoxy) is 1. The Morgan fingerprint density at radius 2 is 1.82 bits per heavy atom.